The fourth-order valence-corrected chi connectivity index (χ4v) is 0.730. The molecule has 0 aliphatic rings. The Bertz CT molecular complexity index is 150. The molecule has 0 aliphatic carbocycles. The van der Waals surface area contributed by atoms with Crippen LogP contribution in [-0.2, 0) is 14.6 Å². The summed E-state index contributed by atoms with van der Waals surface area (Å²) in [6.07, 6.45) is -0.495. The maximum absolute atomic E-state index is 9.78. The first-order valence-electron chi connectivity index (χ1n) is 2.33. The lowest BCUT2D eigenvalue weighted by atomic mass is 10.5. The van der Waals surface area contributed by atoms with Gasteiger partial charge in [0.25, 0.3) is 0 Å². The average Bonchev–Trinajstić information content (AvgIpc) is 1.64. The molecule has 4 N–H and O–H groups in total. The van der Waals surface area contributed by atoms with Crippen LogP contribution in [0.1, 0.15) is 13.8 Å². The lowest BCUT2D eigenvalue weighted by Crippen LogP contribution is -2.10. The molecule has 0 amide bonds. The molecule has 0 bridgehead atoms. The summed E-state index contributed by atoms with van der Waals surface area (Å²) in [5.41, 5.74) is 0. The van der Waals surface area contributed by atoms with E-state index in [0.29, 0.717) is 0 Å². The minimum Gasteiger partial charge on any atom is -0.320 e. The topological polar surface area (TPSA) is 110 Å². The van der Waals surface area contributed by atoms with Crippen LogP contribution in [0.5, 0.6) is 0 Å². The molecule has 0 radical (unpaired) electrons. The molecule has 0 atom stereocenters. The molecule has 0 aromatic heterocycles. The van der Waals surface area contributed by atoms with E-state index in [4.69, 9.17) is 9.76 Å². The summed E-state index contributed by atoms with van der Waals surface area (Å²) >= 11 is 0. The Labute approximate surface area is 59.5 Å². The smallest absolute Gasteiger partial charge is 0.320 e. The highest BCUT2D eigenvalue weighted by Gasteiger charge is 2.05. The largest absolute Gasteiger partial charge is 0.397 e. The zero-order valence-corrected chi connectivity index (χ0v) is 6.50. The van der Waals surface area contributed by atoms with Gasteiger partial charge in [0.2, 0.25) is 0 Å². The van der Waals surface area contributed by atoms with E-state index in [0.717, 1.165) is 0 Å². The van der Waals surface area contributed by atoms with Gasteiger partial charge in [0.05, 0.1) is 6.10 Å². The Balaban J connectivity index is 0. The van der Waals surface area contributed by atoms with E-state index in [1.54, 1.807) is 0 Å². The van der Waals surface area contributed by atoms with Crippen LogP contribution < -0.4 is 5.90 Å². The first kappa shape index (κ1) is 12.5. The lowest BCUT2D eigenvalue weighted by molar-refractivity contribution is 0.213. The standard InChI is InChI=1S/C3H8O4S.H3NO/c1-3(2)7-8(4,5)6;1-2/h3H,1-2H3,(H,4,5,6);2H,1H2. The van der Waals surface area contributed by atoms with E-state index in [-0.39, 0.29) is 0 Å². The minimum atomic E-state index is -4.22. The van der Waals surface area contributed by atoms with Crippen molar-refractivity contribution < 1.29 is 22.4 Å². The molecule has 0 fully saturated rings. The third kappa shape index (κ3) is 15.7. The molecule has 64 valence electrons. The Morgan fingerprint density at radius 2 is 1.70 bits per heavy atom. The van der Waals surface area contributed by atoms with Crippen molar-refractivity contribution in [3.05, 3.63) is 0 Å². The highest BCUT2D eigenvalue weighted by atomic mass is 32.3. The summed E-state index contributed by atoms with van der Waals surface area (Å²) in [6.45, 7) is 3.02. The molecule has 6 nitrogen and oxygen atoms in total. The van der Waals surface area contributed by atoms with Gasteiger partial charge in [-0.3, -0.25) is 4.55 Å². The van der Waals surface area contributed by atoms with Crippen LogP contribution in [0.2, 0.25) is 0 Å². The SMILES string of the molecule is CC(C)OS(=O)(=O)O.NO. The van der Waals surface area contributed by atoms with E-state index in [9.17, 15) is 8.42 Å². The predicted octanol–water partition coefficient (Wildman–Crippen LogP) is -0.451. The molecule has 0 saturated carbocycles. The number of hydrogen-bond donors (Lipinski definition) is 3. The third-order valence-corrected chi connectivity index (χ3v) is 0.942. The Morgan fingerprint density at radius 3 is 1.70 bits per heavy atom. The lowest BCUT2D eigenvalue weighted by Gasteiger charge is -1.99. The molecule has 0 aromatic carbocycles. The summed E-state index contributed by atoms with van der Waals surface area (Å²) in [6, 6.07) is 0. The number of hydrogen-bond acceptors (Lipinski definition) is 5. The normalized spacial score (nSPS) is 10.6. The van der Waals surface area contributed by atoms with Gasteiger partial charge in [0.1, 0.15) is 0 Å². The van der Waals surface area contributed by atoms with Gasteiger partial charge in [0.15, 0.2) is 0 Å². The van der Waals surface area contributed by atoms with Crippen LogP contribution in [-0.4, -0.2) is 24.3 Å². The molecule has 0 unspecified atom stereocenters. The molecular weight excluding hydrogens is 162 g/mol. The van der Waals surface area contributed by atoms with Crippen molar-refractivity contribution in [1.29, 1.82) is 0 Å². The summed E-state index contributed by atoms with van der Waals surface area (Å²) in [7, 11) is -4.22. The zero-order chi connectivity index (χ0) is 8.78. The van der Waals surface area contributed by atoms with Crippen molar-refractivity contribution in [2.24, 2.45) is 5.90 Å². The van der Waals surface area contributed by atoms with Crippen molar-refractivity contribution >= 4 is 10.4 Å². The monoisotopic (exact) mass is 173 g/mol. The first-order chi connectivity index (χ1) is 4.42. The van der Waals surface area contributed by atoms with Crippen molar-refractivity contribution in [1.82, 2.24) is 0 Å². The number of nitrogens with two attached hydrogens (primary N) is 1. The highest BCUT2D eigenvalue weighted by molar-refractivity contribution is 7.80. The summed E-state index contributed by atoms with van der Waals surface area (Å²) < 4.78 is 31.5. The van der Waals surface area contributed by atoms with Crippen LogP contribution in [0.3, 0.4) is 0 Å². The first-order valence-corrected chi connectivity index (χ1v) is 3.70. The molecular formula is C3H11NO5S. The van der Waals surface area contributed by atoms with E-state index >= 15 is 0 Å². The summed E-state index contributed by atoms with van der Waals surface area (Å²) in [5, 5.41) is 6.50. The van der Waals surface area contributed by atoms with Crippen LogP contribution in [0.25, 0.3) is 0 Å². The van der Waals surface area contributed by atoms with Crippen molar-refractivity contribution in [2.45, 2.75) is 20.0 Å². The second kappa shape index (κ2) is 5.57. The van der Waals surface area contributed by atoms with Crippen LogP contribution in [0.15, 0.2) is 0 Å². The quantitative estimate of drug-likeness (QED) is 0.385. The van der Waals surface area contributed by atoms with Gasteiger partial charge in [0, 0.05) is 0 Å². The van der Waals surface area contributed by atoms with Gasteiger partial charge in [-0.25, -0.2) is 10.1 Å². The molecule has 0 spiro atoms. The highest BCUT2D eigenvalue weighted by Crippen LogP contribution is 1.92. The van der Waals surface area contributed by atoms with Gasteiger partial charge in [-0.1, -0.05) is 0 Å². The van der Waals surface area contributed by atoms with Crippen molar-refractivity contribution in [3.8, 4) is 0 Å². The van der Waals surface area contributed by atoms with Crippen LogP contribution >= 0.6 is 0 Å². The van der Waals surface area contributed by atoms with E-state index in [1.807, 2.05) is 0 Å². The van der Waals surface area contributed by atoms with E-state index in [1.165, 1.54) is 13.8 Å². The fourth-order valence-electron chi connectivity index (χ4n) is 0.243. The Kier molecular flexibility index (Phi) is 6.94. The molecule has 0 heterocycles. The third-order valence-electron chi connectivity index (χ3n) is 0.314. The number of rotatable bonds is 2. The molecule has 10 heavy (non-hydrogen) atoms. The van der Waals surface area contributed by atoms with Crippen LogP contribution in [0.4, 0.5) is 0 Å². The van der Waals surface area contributed by atoms with Gasteiger partial charge < -0.3 is 5.21 Å². The fraction of sp³-hybridized carbons (Fsp3) is 1.00. The average molecular weight is 173 g/mol. The second-order valence-corrected chi connectivity index (χ2v) is 2.62. The molecule has 7 heteroatoms. The Morgan fingerprint density at radius 1 is 1.40 bits per heavy atom. The zero-order valence-electron chi connectivity index (χ0n) is 5.68. The minimum absolute atomic E-state index is 0.495. The van der Waals surface area contributed by atoms with Crippen molar-refractivity contribution in [2.75, 3.05) is 0 Å². The maximum Gasteiger partial charge on any atom is 0.397 e. The Hall–Kier alpha value is -0.210. The summed E-state index contributed by atoms with van der Waals surface area (Å²) in [5.74, 6) is 3.50. The van der Waals surface area contributed by atoms with Crippen molar-refractivity contribution in [3.63, 3.8) is 0 Å². The van der Waals surface area contributed by atoms with E-state index in [2.05, 4.69) is 10.1 Å². The van der Waals surface area contributed by atoms with E-state index < -0.39 is 16.5 Å². The van der Waals surface area contributed by atoms with Gasteiger partial charge >= 0.3 is 10.4 Å². The molecule has 0 aromatic rings. The molecule has 0 saturated heterocycles. The van der Waals surface area contributed by atoms with Gasteiger partial charge in [-0.2, -0.15) is 8.42 Å². The van der Waals surface area contributed by atoms with Crippen LogP contribution in [0, 0.1) is 0 Å². The maximum atomic E-state index is 9.78. The molecule has 0 aliphatic heterocycles. The summed E-state index contributed by atoms with van der Waals surface area (Å²) in [4.78, 5) is 0. The molecule has 0 rings (SSSR count). The predicted molar refractivity (Wildman–Crippen MR) is 33.7 cm³/mol. The van der Waals surface area contributed by atoms with Gasteiger partial charge in [-0.15, -0.1) is 0 Å². The van der Waals surface area contributed by atoms with Gasteiger partial charge in [-0.05, 0) is 13.8 Å². The second-order valence-electron chi connectivity index (χ2n) is 1.57.